The molecule has 0 aliphatic heterocycles. The number of rotatable bonds is 6. The van der Waals surface area contributed by atoms with Gasteiger partial charge < -0.3 is 12.3 Å². The van der Waals surface area contributed by atoms with Crippen LogP contribution in [0.4, 0.5) is 0 Å². The summed E-state index contributed by atoms with van der Waals surface area (Å²) in [7, 11) is -8.30. The molecule has 0 rings (SSSR count). The lowest BCUT2D eigenvalue weighted by Gasteiger charge is -2.38. The molecule has 0 aromatic rings. The highest BCUT2D eigenvalue weighted by Crippen LogP contribution is 2.28. The smallest absolute Gasteiger partial charge is 0.405 e. The molecule has 0 spiro atoms. The average molecular weight is 331 g/mol. The van der Waals surface area contributed by atoms with E-state index in [0.29, 0.717) is 0 Å². The van der Waals surface area contributed by atoms with E-state index in [4.69, 9.17) is 23.4 Å². The van der Waals surface area contributed by atoms with Gasteiger partial charge in [0.05, 0.1) is 0 Å². The van der Waals surface area contributed by atoms with E-state index in [0.717, 1.165) is 0 Å². The van der Waals surface area contributed by atoms with Gasteiger partial charge in [0, 0.05) is 0 Å². The predicted octanol–water partition coefficient (Wildman–Crippen LogP) is 4.22. The van der Waals surface area contributed by atoms with Gasteiger partial charge in [-0.05, 0) is 58.9 Å². The third-order valence-electron chi connectivity index (χ3n) is 1.28. The lowest BCUT2D eigenvalue weighted by atomic mass is 11.8. The quantitative estimate of drug-likeness (QED) is 0.539. The van der Waals surface area contributed by atoms with Crippen LogP contribution in [-0.4, -0.2) is 33.1 Å². The lowest BCUT2D eigenvalue weighted by Crippen LogP contribution is -2.57. The molecule has 104 valence electrons. The molecule has 0 aliphatic carbocycles. The molecule has 17 heavy (non-hydrogen) atoms. The van der Waals surface area contributed by atoms with E-state index in [1.807, 2.05) is 0 Å². The Kier molecular flexibility index (Phi) is 5.91. The highest BCUT2D eigenvalue weighted by molar-refractivity contribution is 7.16. The molecule has 0 aromatic heterocycles. The Morgan fingerprint density at radius 1 is 0.529 bits per heavy atom. The standard InChI is InChI=1S/C9H27ClO3Si4/c1-14(2,3)11-17(10,12-15(4,5)6)13-16(7,8)9/h1-9H3. The Hall–Kier alpha value is 1.04. The maximum atomic E-state index is 6.57. The summed E-state index contributed by atoms with van der Waals surface area (Å²) in [4.78, 5) is 0. The number of hydrogen-bond donors (Lipinski definition) is 0. The summed E-state index contributed by atoms with van der Waals surface area (Å²) < 4.78 is 18.1. The maximum absolute atomic E-state index is 6.57. The summed E-state index contributed by atoms with van der Waals surface area (Å²) in [5.74, 6) is 0. The van der Waals surface area contributed by atoms with Crippen molar-refractivity contribution in [2.45, 2.75) is 58.9 Å². The van der Waals surface area contributed by atoms with Crippen LogP contribution in [0, 0.1) is 0 Å². The van der Waals surface area contributed by atoms with Crippen molar-refractivity contribution < 1.29 is 12.3 Å². The van der Waals surface area contributed by atoms with Crippen LogP contribution in [-0.2, 0) is 12.3 Å². The fourth-order valence-electron chi connectivity index (χ4n) is 1.16. The SMILES string of the molecule is C[Si](C)(C)O[Si](Cl)(O[Si](C)(C)C)O[Si](C)(C)C. The van der Waals surface area contributed by atoms with Crippen molar-refractivity contribution in [1.29, 1.82) is 0 Å². The van der Waals surface area contributed by atoms with Gasteiger partial charge >= 0.3 is 8.11 Å². The zero-order valence-corrected chi connectivity index (χ0v) is 17.4. The predicted molar refractivity (Wildman–Crippen MR) is 84.9 cm³/mol. The first-order chi connectivity index (χ1) is 7.12. The molecule has 0 atom stereocenters. The molecular formula is C9H27ClO3Si4. The monoisotopic (exact) mass is 330 g/mol. The van der Waals surface area contributed by atoms with E-state index in [1.165, 1.54) is 0 Å². The van der Waals surface area contributed by atoms with Gasteiger partial charge in [-0.25, -0.2) is 0 Å². The molecule has 0 aromatic carbocycles. The molecule has 0 fully saturated rings. The normalized spacial score (nSPS) is 15.2. The second-order valence-electron chi connectivity index (χ2n) is 7.12. The Balaban J connectivity index is 4.95. The van der Waals surface area contributed by atoms with Crippen molar-refractivity contribution in [2.75, 3.05) is 0 Å². The van der Waals surface area contributed by atoms with Gasteiger partial charge in [-0.2, -0.15) is 0 Å². The van der Waals surface area contributed by atoms with Crippen molar-refractivity contribution in [3.63, 3.8) is 0 Å². The summed E-state index contributed by atoms with van der Waals surface area (Å²) in [6, 6.07) is 0. The Bertz CT molecular complexity index is 214. The van der Waals surface area contributed by atoms with Crippen LogP contribution in [0.2, 0.25) is 58.9 Å². The zero-order valence-electron chi connectivity index (χ0n) is 12.6. The van der Waals surface area contributed by atoms with Gasteiger partial charge in [-0.1, -0.05) is 11.1 Å². The molecule has 8 heteroatoms. The second kappa shape index (κ2) is 5.57. The molecule has 0 saturated heterocycles. The minimum absolute atomic E-state index is 1.77. The van der Waals surface area contributed by atoms with E-state index in [2.05, 4.69) is 58.9 Å². The Morgan fingerprint density at radius 3 is 0.824 bits per heavy atom. The van der Waals surface area contributed by atoms with Gasteiger partial charge in [-0.3, -0.25) is 0 Å². The topological polar surface area (TPSA) is 27.7 Å². The second-order valence-corrected chi connectivity index (χ2v) is 24.6. The van der Waals surface area contributed by atoms with Gasteiger partial charge in [0.2, 0.25) is 0 Å². The Morgan fingerprint density at radius 2 is 0.706 bits per heavy atom. The van der Waals surface area contributed by atoms with Crippen molar-refractivity contribution in [1.82, 2.24) is 0 Å². The van der Waals surface area contributed by atoms with Crippen molar-refractivity contribution in [3.8, 4) is 0 Å². The third-order valence-corrected chi connectivity index (χ3v) is 13.6. The van der Waals surface area contributed by atoms with E-state index in [-0.39, 0.29) is 0 Å². The van der Waals surface area contributed by atoms with Crippen LogP contribution in [0.3, 0.4) is 0 Å². The molecular weight excluding hydrogens is 304 g/mol. The average Bonchev–Trinajstić information content (AvgIpc) is 1.65. The van der Waals surface area contributed by atoms with Crippen molar-refractivity contribution >= 4 is 44.1 Å². The molecule has 0 aliphatic rings. The number of hydrogen-bond acceptors (Lipinski definition) is 3. The highest BCUT2D eigenvalue weighted by Gasteiger charge is 2.49. The van der Waals surface area contributed by atoms with Gasteiger partial charge in [0.1, 0.15) is 0 Å². The van der Waals surface area contributed by atoms with Gasteiger partial charge in [-0.15, -0.1) is 0 Å². The molecule has 0 amide bonds. The van der Waals surface area contributed by atoms with E-state index < -0.39 is 33.1 Å². The van der Waals surface area contributed by atoms with Crippen molar-refractivity contribution in [2.24, 2.45) is 0 Å². The first kappa shape index (κ1) is 18.0. The first-order valence-corrected chi connectivity index (χ1v) is 18.9. The zero-order chi connectivity index (χ0) is 14.1. The largest absolute Gasteiger partial charge is 0.581 e. The van der Waals surface area contributed by atoms with E-state index in [9.17, 15) is 0 Å². The summed E-state index contributed by atoms with van der Waals surface area (Å²) in [5.41, 5.74) is 0. The highest BCUT2D eigenvalue weighted by atomic mass is 35.6. The van der Waals surface area contributed by atoms with E-state index >= 15 is 0 Å². The third kappa shape index (κ3) is 10.6. The summed E-state index contributed by atoms with van der Waals surface area (Å²) in [5, 5.41) is 0. The summed E-state index contributed by atoms with van der Waals surface area (Å²) in [6.07, 6.45) is 0. The number of halogens is 1. The van der Waals surface area contributed by atoms with Crippen LogP contribution in [0.25, 0.3) is 0 Å². The Labute approximate surface area is 115 Å². The van der Waals surface area contributed by atoms with Crippen LogP contribution < -0.4 is 0 Å². The molecule has 0 radical (unpaired) electrons. The molecule has 3 nitrogen and oxygen atoms in total. The molecule has 0 N–H and O–H groups in total. The van der Waals surface area contributed by atoms with Crippen LogP contribution in [0.15, 0.2) is 0 Å². The minimum atomic E-state index is -3.00. The minimum Gasteiger partial charge on any atom is -0.405 e. The fourth-order valence-corrected chi connectivity index (χ4v) is 17.8. The van der Waals surface area contributed by atoms with E-state index in [1.54, 1.807) is 0 Å². The lowest BCUT2D eigenvalue weighted by molar-refractivity contribution is 0.284. The fraction of sp³-hybridized carbons (Fsp3) is 1.00. The van der Waals surface area contributed by atoms with Gasteiger partial charge in [0.15, 0.2) is 25.0 Å². The van der Waals surface area contributed by atoms with Crippen LogP contribution >= 0.6 is 11.1 Å². The maximum Gasteiger partial charge on any atom is 0.581 e. The van der Waals surface area contributed by atoms with Crippen molar-refractivity contribution in [3.05, 3.63) is 0 Å². The van der Waals surface area contributed by atoms with Gasteiger partial charge in [0.25, 0.3) is 0 Å². The summed E-state index contributed by atoms with van der Waals surface area (Å²) in [6.45, 7) is 19.0. The van der Waals surface area contributed by atoms with Crippen LogP contribution in [0.1, 0.15) is 0 Å². The molecule has 0 bridgehead atoms. The van der Waals surface area contributed by atoms with Crippen LogP contribution in [0.5, 0.6) is 0 Å². The summed E-state index contributed by atoms with van der Waals surface area (Å²) >= 11 is 6.57. The molecule has 0 heterocycles. The first-order valence-electron chi connectivity index (χ1n) is 5.91. The molecule has 0 unspecified atom stereocenters. The molecule has 0 saturated carbocycles.